The quantitative estimate of drug-likeness (QED) is 0.303. The zero-order valence-electron chi connectivity index (χ0n) is 14.5. The number of carbonyl (C=O) groups is 4. The molecule has 2 atom stereocenters. The molecule has 11 heteroatoms. The van der Waals surface area contributed by atoms with Crippen LogP contribution in [0.1, 0.15) is 13.8 Å². The van der Waals surface area contributed by atoms with E-state index in [1.165, 1.54) is 13.8 Å². The second kappa shape index (κ2) is 12.8. The molecule has 0 rings (SSSR count). The minimum atomic E-state index is -1.08. The van der Waals surface area contributed by atoms with Crippen LogP contribution in [0.25, 0.3) is 0 Å². The van der Waals surface area contributed by atoms with E-state index in [1.54, 1.807) is 0 Å². The zero-order chi connectivity index (χ0) is 19.2. The van der Waals surface area contributed by atoms with Crippen LogP contribution in [0.4, 0.5) is 9.59 Å². The Bertz CT molecular complexity index is 408. The highest BCUT2D eigenvalue weighted by atomic mass is 16.7. The third-order valence-electron chi connectivity index (χ3n) is 2.51. The van der Waals surface area contributed by atoms with Crippen LogP contribution < -0.4 is 0 Å². The molecule has 0 aliphatic carbocycles. The summed E-state index contributed by atoms with van der Waals surface area (Å²) in [5.74, 6) is -1.42. The van der Waals surface area contributed by atoms with Gasteiger partial charge in [-0.2, -0.15) is 0 Å². The highest BCUT2D eigenvalue weighted by Gasteiger charge is 2.19. The molecule has 0 aromatic heterocycles. The molecule has 11 nitrogen and oxygen atoms in total. The lowest BCUT2D eigenvalue weighted by Gasteiger charge is -2.12. The molecule has 0 saturated carbocycles. The number of ether oxygens (including phenoxy) is 7. The Labute approximate surface area is 144 Å². The summed E-state index contributed by atoms with van der Waals surface area (Å²) in [6.07, 6.45) is -4.24. The minimum Gasteiger partial charge on any atom is -0.466 e. The second-order valence-electron chi connectivity index (χ2n) is 4.38. The van der Waals surface area contributed by atoms with Crippen molar-refractivity contribution < 1.29 is 52.3 Å². The summed E-state index contributed by atoms with van der Waals surface area (Å²) < 4.78 is 32.3. The fourth-order valence-corrected chi connectivity index (χ4v) is 1.25. The molecule has 0 unspecified atom stereocenters. The average Bonchev–Trinajstić information content (AvgIpc) is 2.58. The number of hydrogen-bond acceptors (Lipinski definition) is 11. The van der Waals surface area contributed by atoms with Crippen molar-refractivity contribution in [3.8, 4) is 0 Å². The summed E-state index contributed by atoms with van der Waals surface area (Å²) in [4.78, 5) is 44.4. The average molecular weight is 366 g/mol. The van der Waals surface area contributed by atoms with Crippen LogP contribution >= 0.6 is 0 Å². The van der Waals surface area contributed by atoms with E-state index in [2.05, 4.69) is 28.4 Å². The van der Waals surface area contributed by atoms with Crippen molar-refractivity contribution in [2.75, 3.05) is 40.6 Å². The molecule has 0 aromatic rings. The SMILES string of the molecule is COC(=O)[C@@H](C)OC(=O)OCCOCCOC(=O)O[C@H](C)C(=O)OC. The van der Waals surface area contributed by atoms with Gasteiger partial charge in [0, 0.05) is 0 Å². The summed E-state index contributed by atoms with van der Waals surface area (Å²) >= 11 is 0. The van der Waals surface area contributed by atoms with Crippen LogP contribution in [0.3, 0.4) is 0 Å². The van der Waals surface area contributed by atoms with Gasteiger partial charge in [0.1, 0.15) is 13.2 Å². The molecule has 0 amide bonds. The highest BCUT2D eigenvalue weighted by Crippen LogP contribution is 1.98. The summed E-state index contributed by atoms with van der Waals surface area (Å²) in [6, 6.07) is 0. The number of carbonyl (C=O) groups excluding carboxylic acids is 4. The fraction of sp³-hybridized carbons (Fsp3) is 0.714. The molecule has 25 heavy (non-hydrogen) atoms. The molecule has 0 N–H and O–H groups in total. The molecule has 0 heterocycles. The standard InChI is InChI=1S/C14H22O11/c1-9(11(15)19-3)24-13(17)22-7-5-21-6-8-23-14(18)25-10(2)12(16)20-4/h9-10H,5-8H2,1-4H3/t9-,10-/m1/s1. The first kappa shape index (κ1) is 22.4. The predicted octanol–water partition coefficient (Wildman–Crippen LogP) is 0.432. The van der Waals surface area contributed by atoms with Gasteiger partial charge in [0.2, 0.25) is 0 Å². The zero-order valence-corrected chi connectivity index (χ0v) is 14.5. The van der Waals surface area contributed by atoms with E-state index >= 15 is 0 Å². The fourth-order valence-electron chi connectivity index (χ4n) is 1.25. The van der Waals surface area contributed by atoms with Gasteiger partial charge < -0.3 is 33.2 Å². The first-order valence-electron chi connectivity index (χ1n) is 7.22. The molecular formula is C14H22O11. The van der Waals surface area contributed by atoms with Crippen LogP contribution in [0.5, 0.6) is 0 Å². The van der Waals surface area contributed by atoms with Crippen LogP contribution in [0.2, 0.25) is 0 Å². The topological polar surface area (TPSA) is 133 Å². The van der Waals surface area contributed by atoms with Crippen molar-refractivity contribution in [1.82, 2.24) is 0 Å². The third kappa shape index (κ3) is 10.8. The van der Waals surface area contributed by atoms with Gasteiger partial charge in [0.05, 0.1) is 27.4 Å². The number of esters is 2. The maximum atomic E-state index is 11.2. The second-order valence-corrected chi connectivity index (χ2v) is 4.38. The summed E-state index contributed by atoms with van der Waals surface area (Å²) in [7, 11) is 2.32. The van der Waals surface area contributed by atoms with Crippen molar-refractivity contribution in [3.05, 3.63) is 0 Å². The Morgan fingerprint density at radius 1 is 0.680 bits per heavy atom. The van der Waals surface area contributed by atoms with Crippen molar-refractivity contribution >= 4 is 24.2 Å². The molecule has 0 aliphatic heterocycles. The molecular weight excluding hydrogens is 344 g/mol. The summed E-state index contributed by atoms with van der Waals surface area (Å²) in [5, 5.41) is 0. The van der Waals surface area contributed by atoms with Gasteiger partial charge in [0.25, 0.3) is 0 Å². The van der Waals surface area contributed by atoms with E-state index < -0.39 is 36.5 Å². The Hall–Kier alpha value is -2.56. The van der Waals surface area contributed by atoms with Gasteiger partial charge in [-0.05, 0) is 13.8 Å². The first-order chi connectivity index (χ1) is 11.8. The molecule has 144 valence electrons. The Morgan fingerprint density at radius 3 is 1.36 bits per heavy atom. The van der Waals surface area contributed by atoms with E-state index in [0.29, 0.717) is 0 Å². The van der Waals surface area contributed by atoms with E-state index in [4.69, 9.17) is 4.74 Å². The molecule has 0 radical (unpaired) electrons. The first-order valence-corrected chi connectivity index (χ1v) is 7.22. The molecule has 0 aromatic carbocycles. The van der Waals surface area contributed by atoms with E-state index in [-0.39, 0.29) is 26.4 Å². The number of hydrogen-bond donors (Lipinski definition) is 0. The maximum absolute atomic E-state index is 11.2. The normalized spacial score (nSPS) is 12.3. The largest absolute Gasteiger partial charge is 0.509 e. The van der Waals surface area contributed by atoms with Gasteiger partial charge in [-0.1, -0.05) is 0 Å². The number of rotatable bonds is 10. The molecule has 0 aliphatic rings. The molecule has 0 spiro atoms. The molecule has 0 bridgehead atoms. The van der Waals surface area contributed by atoms with E-state index in [1.807, 2.05) is 0 Å². The lowest BCUT2D eigenvalue weighted by Crippen LogP contribution is -2.27. The van der Waals surface area contributed by atoms with Gasteiger partial charge >= 0.3 is 24.2 Å². The van der Waals surface area contributed by atoms with Crippen molar-refractivity contribution in [3.63, 3.8) is 0 Å². The van der Waals surface area contributed by atoms with Crippen molar-refractivity contribution in [2.24, 2.45) is 0 Å². The Kier molecular flexibility index (Phi) is 11.5. The Morgan fingerprint density at radius 2 is 1.04 bits per heavy atom. The minimum absolute atomic E-state index is 0.0126. The van der Waals surface area contributed by atoms with Gasteiger partial charge in [-0.25, -0.2) is 19.2 Å². The van der Waals surface area contributed by atoms with Crippen LogP contribution in [-0.4, -0.2) is 77.1 Å². The van der Waals surface area contributed by atoms with Crippen LogP contribution in [0, 0.1) is 0 Å². The van der Waals surface area contributed by atoms with Crippen molar-refractivity contribution in [2.45, 2.75) is 26.1 Å². The van der Waals surface area contributed by atoms with E-state index in [0.717, 1.165) is 14.2 Å². The van der Waals surface area contributed by atoms with Gasteiger partial charge in [-0.3, -0.25) is 0 Å². The smallest absolute Gasteiger partial charge is 0.466 e. The lowest BCUT2D eigenvalue weighted by molar-refractivity contribution is -0.151. The van der Waals surface area contributed by atoms with Gasteiger partial charge in [0.15, 0.2) is 12.2 Å². The lowest BCUT2D eigenvalue weighted by atomic mass is 10.4. The molecule has 0 saturated heterocycles. The van der Waals surface area contributed by atoms with Gasteiger partial charge in [-0.15, -0.1) is 0 Å². The third-order valence-corrected chi connectivity index (χ3v) is 2.51. The summed E-state index contributed by atoms with van der Waals surface area (Å²) in [5.41, 5.74) is 0. The predicted molar refractivity (Wildman–Crippen MR) is 78.6 cm³/mol. The highest BCUT2D eigenvalue weighted by molar-refractivity contribution is 5.77. The Balaban J connectivity index is 3.64. The van der Waals surface area contributed by atoms with Crippen LogP contribution in [0.15, 0.2) is 0 Å². The maximum Gasteiger partial charge on any atom is 0.509 e. The number of methoxy groups -OCH3 is 2. The summed E-state index contributed by atoms with van der Waals surface area (Å²) in [6.45, 7) is 2.44. The molecule has 0 fully saturated rings. The van der Waals surface area contributed by atoms with E-state index in [9.17, 15) is 19.2 Å². The van der Waals surface area contributed by atoms with Crippen LogP contribution in [-0.2, 0) is 42.7 Å². The monoisotopic (exact) mass is 366 g/mol. The van der Waals surface area contributed by atoms with Crippen molar-refractivity contribution in [1.29, 1.82) is 0 Å².